The van der Waals surface area contributed by atoms with Crippen molar-refractivity contribution in [2.75, 3.05) is 24.3 Å². The van der Waals surface area contributed by atoms with E-state index in [2.05, 4.69) is 20.3 Å². The second-order valence-corrected chi connectivity index (χ2v) is 11.4. The first-order chi connectivity index (χ1) is 17.4. The summed E-state index contributed by atoms with van der Waals surface area (Å²) in [4.78, 5) is 37.0. The predicted molar refractivity (Wildman–Crippen MR) is 135 cm³/mol. The Kier molecular flexibility index (Phi) is 7.83. The molecule has 0 saturated carbocycles. The molecule has 2 aliphatic rings. The number of nitrogens with one attached hydrogen (secondary N) is 1. The van der Waals surface area contributed by atoms with Gasteiger partial charge in [0, 0.05) is 5.75 Å². The van der Waals surface area contributed by atoms with E-state index in [0.29, 0.717) is 29.1 Å². The van der Waals surface area contributed by atoms with E-state index >= 15 is 0 Å². The zero-order chi connectivity index (χ0) is 27.0. The van der Waals surface area contributed by atoms with E-state index in [1.807, 2.05) is 13.8 Å². The number of esters is 1. The van der Waals surface area contributed by atoms with Gasteiger partial charge in [-0.1, -0.05) is 0 Å². The van der Waals surface area contributed by atoms with Crippen LogP contribution < -0.4 is 11.1 Å². The molecule has 14 heteroatoms. The van der Waals surface area contributed by atoms with Gasteiger partial charge in [0.25, 0.3) is 0 Å². The first-order valence-corrected chi connectivity index (χ1v) is 13.1. The van der Waals surface area contributed by atoms with Gasteiger partial charge in [0.2, 0.25) is 0 Å². The number of carbonyl (C=O) groups is 2. The normalized spacial score (nSPS) is 25.6. The number of ether oxygens (including phenoxy) is 5. The third kappa shape index (κ3) is 6.25. The Labute approximate surface area is 219 Å². The van der Waals surface area contributed by atoms with Gasteiger partial charge in [-0.3, -0.25) is 4.57 Å². The van der Waals surface area contributed by atoms with Crippen LogP contribution in [0, 0.1) is 0 Å². The number of hydrogen-bond acceptors (Lipinski definition) is 12. The molecule has 4 rings (SSSR count). The number of alkyl carbamates (subject to hydrolysis) is 1. The molecule has 0 unspecified atom stereocenters. The Morgan fingerprint density at radius 1 is 1.24 bits per heavy atom. The Bertz CT molecular complexity index is 1140. The van der Waals surface area contributed by atoms with Crippen molar-refractivity contribution in [3.05, 3.63) is 12.7 Å². The molecule has 1 amide bonds. The van der Waals surface area contributed by atoms with Crippen LogP contribution in [0.4, 0.5) is 10.6 Å². The quantitative estimate of drug-likeness (QED) is 0.372. The van der Waals surface area contributed by atoms with Crippen molar-refractivity contribution >= 4 is 40.8 Å². The number of thioether (sulfide) groups is 1. The van der Waals surface area contributed by atoms with Crippen molar-refractivity contribution in [2.45, 2.75) is 83.0 Å². The summed E-state index contributed by atoms with van der Waals surface area (Å²) in [6.45, 7) is 8.98. The number of nitrogens with zero attached hydrogens (tertiary/aromatic N) is 4. The molecule has 3 N–H and O–H groups in total. The van der Waals surface area contributed by atoms with Gasteiger partial charge in [0.05, 0.1) is 19.5 Å². The summed E-state index contributed by atoms with van der Waals surface area (Å²) in [6, 6.07) is -0.829. The third-order valence-electron chi connectivity index (χ3n) is 5.80. The number of amides is 1. The molecular weight excluding hydrogens is 504 g/mol. The Balaban J connectivity index is 1.39. The molecule has 2 fully saturated rings. The number of methoxy groups -OCH3 is 1. The first kappa shape index (κ1) is 27.4. The topological polar surface area (TPSA) is 162 Å². The molecule has 0 radical (unpaired) electrons. The molecule has 0 aliphatic carbocycles. The summed E-state index contributed by atoms with van der Waals surface area (Å²) in [6.07, 6.45) is 1.16. The third-order valence-corrected chi connectivity index (χ3v) is 6.88. The van der Waals surface area contributed by atoms with Gasteiger partial charge in [-0.15, -0.1) is 0 Å². The predicted octanol–water partition coefficient (Wildman–Crippen LogP) is 2.02. The number of hydrogen-bond donors (Lipinski definition) is 2. The summed E-state index contributed by atoms with van der Waals surface area (Å²) in [7, 11) is 1.28. The lowest BCUT2D eigenvalue weighted by atomic mass is 10.1. The molecule has 204 valence electrons. The SMILES string of the molecule is COC(=O)[C@H](CCSC[C@H]1O[C@@H](n2cnc3c(N)ncnc32)[C@@H]2OC(C)(C)O[C@@H]21)NC(=O)OC(C)(C)C. The van der Waals surface area contributed by atoms with E-state index in [-0.39, 0.29) is 24.1 Å². The lowest BCUT2D eigenvalue weighted by Gasteiger charge is -2.25. The van der Waals surface area contributed by atoms with E-state index < -0.39 is 35.7 Å². The van der Waals surface area contributed by atoms with E-state index in [9.17, 15) is 9.59 Å². The molecule has 2 saturated heterocycles. The minimum absolute atomic E-state index is 0.287. The van der Waals surface area contributed by atoms with E-state index in [1.54, 1.807) is 43.4 Å². The number of aromatic nitrogens is 4. The molecule has 0 bridgehead atoms. The number of imidazole rings is 1. The van der Waals surface area contributed by atoms with Crippen LogP contribution in [0.5, 0.6) is 0 Å². The number of nitrogens with two attached hydrogens (primary N) is 1. The average molecular weight is 539 g/mol. The van der Waals surface area contributed by atoms with Crippen LogP contribution in [-0.4, -0.2) is 85.9 Å². The lowest BCUT2D eigenvalue weighted by Crippen LogP contribution is -2.44. The fraction of sp³-hybridized carbons (Fsp3) is 0.696. The average Bonchev–Trinajstić information content (AvgIpc) is 3.45. The molecule has 0 aromatic carbocycles. The molecule has 2 aromatic rings. The maximum absolute atomic E-state index is 12.2. The van der Waals surface area contributed by atoms with E-state index in [4.69, 9.17) is 29.4 Å². The van der Waals surface area contributed by atoms with Gasteiger partial charge in [0.1, 0.15) is 35.7 Å². The van der Waals surface area contributed by atoms with Crippen LogP contribution in [0.3, 0.4) is 0 Å². The zero-order valence-electron chi connectivity index (χ0n) is 21.8. The highest BCUT2D eigenvalue weighted by molar-refractivity contribution is 7.99. The van der Waals surface area contributed by atoms with Gasteiger partial charge in [-0.2, -0.15) is 11.8 Å². The summed E-state index contributed by atoms with van der Waals surface area (Å²) < 4.78 is 30.6. The summed E-state index contributed by atoms with van der Waals surface area (Å²) >= 11 is 1.57. The fourth-order valence-corrected chi connectivity index (χ4v) is 5.38. The largest absolute Gasteiger partial charge is 0.467 e. The Morgan fingerprint density at radius 2 is 1.97 bits per heavy atom. The zero-order valence-corrected chi connectivity index (χ0v) is 22.6. The van der Waals surface area contributed by atoms with Crippen LogP contribution in [0.25, 0.3) is 11.2 Å². The molecule has 5 atom stereocenters. The van der Waals surface area contributed by atoms with Gasteiger partial charge in [0.15, 0.2) is 23.5 Å². The lowest BCUT2D eigenvalue weighted by molar-refractivity contribution is -0.193. The van der Waals surface area contributed by atoms with E-state index in [0.717, 1.165) is 0 Å². The second-order valence-electron chi connectivity index (χ2n) is 10.3. The van der Waals surface area contributed by atoms with Crippen LogP contribution in [0.15, 0.2) is 12.7 Å². The van der Waals surface area contributed by atoms with Gasteiger partial charge in [-0.25, -0.2) is 24.5 Å². The molecule has 37 heavy (non-hydrogen) atoms. The van der Waals surface area contributed by atoms with Gasteiger partial charge < -0.3 is 34.7 Å². The number of rotatable bonds is 8. The van der Waals surface area contributed by atoms with Crippen LogP contribution in [0.1, 0.15) is 47.3 Å². The van der Waals surface area contributed by atoms with Crippen molar-refractivity contribution in [1.82, 2.24) is 24.8 Å². The van der Waals surface area contributed by atoms with Crippen molar-refractivity contribution in [1.29, 1.82) is 0 Å². The molecule has 13 nitrogen and oxygen atoms in total. The van der Waals surface area contributed by atoms with Crippen LogP contribution >= 0.6 is 11.8 Å². The van der Waals surface area contributed by atoms with Crippen LogP contribution in [-0.2, 0) is 28.5 Å². The second kappa shape index (κ2) is 10.6. The molecule has 4 heterocycles. The molecule has 0 spiro atoms. The highest BCUT2D eigenvalue weighted by Crippen LogP contribution is 2.44. The van der Waals surface area contributed by atoms with E-state index in [1.165, 1.54) is 13.4 Å². The fourth-order valence-electron chi connectivity index (χ4n) is 4.32. The maximum Gasteiger partial charge on any atom is 0.408 e. The summed E-state index contributed by atoms with van der Waals surface area (Å²) in [5, 5.41) is 2.59. The standard InChI is InChI=1S/C23H34N6O7S/c1-22(2,3)36-21(31)28-12(20(30)32-6)7-8-37-9-13-15-16(35-23(4,5)34-15)19(33-13)29-11-27-14-17(24)25-10-26-18(14)29/h10-13,15-16,19H,7-9H2,1-6H3,(H,28,31)(H2,24,25,26)/t12-,13+,15+,16+,19+/m0/s1. The first-order valence-electron chi connectivity index (χ1n) is 12.0. The smallest absolute Gasteiger partial charge is 0.408 e. The highest BCUT2D eigenvalue weighted by Gasteiger charge is 2.56. The minimum Gasteiger partial charge on any atom is -0.467 e. The molecular formula is C23H34N6O7S. The number of nitrogen functional groups attached to an aromatic ring is 1. The van der Waals surface area contributed by atoms with Crippen molar-refractivity contribution in [3.8, 4) is 0 Å². The van der Waals surface area contributed by atoms with Gasteiger partial charge >= 0.3 is 12.1 Å². The Morgan fingerprint density at radius 3 is 2.68 bits per heavy atom. The summed E-state index contributed by atoms with van der Waals surface area (Å²) in [5.74, 6) is 0.0966. The highest BCUT2D eigenvalue weighted by atomic mass is 32.2. The van der Waals surface area contributed by atoms with Gasteiger partial charge in [-0.05, 0) is 46.8 Å². The van der Waals surface area contributed by atoms with Crippen molar-refractivity contribution in [2.24, 2.45) is 0 Å². The number of carbonyl (C=O) groups excluding carboxylic acids is 2. The number of fused-ring (bicyclic) bond motifs is 2. The minimum atomic E-state index is -0.829. The molecule has 2 aliphatic heterocycles. The maximum atomic E-state index is 12.2. The number of anilines is 1. The summed E-state index contributed by atoms with van der Waals surface area (Å²) in [5.41, 5.74) is 6.31. The van der Waals surface area contributed by atoms with Crippen LogP contribution in [0.2, 0.25) is 0 Å². The Hall–Kier alpha value is -2.68. The monoisotopic (exact) mass is 538 g/mol. The van der Waals surface area contributed by atoms with Crippen molar-refractivity contribution in [3.63, 3.8) is 0 Å². The molecule has 2 aromatic heterocycles. The van der Waals surface area contributed by atoms with Crippen molar-refractivity contribution < 1.29 is 33.3 Å².